The van der Waals surface area contributed by atoms with E-state index < -0.39 is 11.8 Å². The number of carbonyl (C=O) groups is 2. The Hall–Kier alpha value is -4.06. The lowest BCUT2D eigenvalue weighted by Crippen LogP contribution is -2.29. The number of carbonyl (C=O) groups excluding carboxylic acids is 2. The Kier molecular flexibility index (Phi) is 5.71. The van der Waals surface area contributed by atoms with Gasteiger partial charge in [-0.25, -0.2) is 4.39 Å². The third kappa shape index (κ3) is 4.28. The van der Waals surface area contributed by atoms with Crippen LogP contribution in [0, 0.1) is 5.82 Å². The zero-order chi connectivity index (χ0) is 21.8. The third-order valence-electron chi connectivity index (χ3n) is 4.84. The van der Waals surface area contributed by atoms with Crippen LogP contribution in [0.25, 0.3) is 6.08 Å². The number of hydrogen-bond donors (Lipinski definition) is 0. The summed E-state index contributed by atoms with van der Waals surface area (Å²) in [6.07, 6.45) is 1.64. The molecule has 154 valence electrons. The summed E-state index contributed by atoms with van der Waals surface area (Å²) < 4.78 is 19.7. The van der Waals surface area contributed by atoms with Crippen molar-refractivity contribution < 1.29 is 18.7 Å². The van der Waals surface area contributed by atoms with Crippen molar-refractivity contribution in [2.24, 2.45) is 5.10 Å². The number of rotatable bonds is 5. The second-order valence-electron chi connectivity index (χ2n) is 6.95. The van der Waals surface area contributed by atoms with Gasteiger partial charge in [-0.3, -0.25) is 9.59 Å². The van der Waals surface area contributed by atoms with Crippen LogP contribution in [0.3, 0.4) is 0 Å². The summed E-state index contributed by atoms with van der Waals surface area (Å²) >= 11 is 0. The molecular weight excluding hydrogens is 395 g/mol. The van der Waals surface area contributed by atoms with E-state index in [-0.39, 0.29) is 12.4 Å². The molecule has 4 rings (SSSR count). The van der Waals surface area contributed by atoms with Crippen molar-refractivity contribution in [1.82, 2.24) is 5.01 Å². The van der Waals surface area contributed by atoms with Crippen molar-refractivity contribution in [2.45, 2.75) is 13.5 Å². The second-order valence-corrected chi connectivity index (χ2v) is 6.95. The fourth-order valence-corrected chi connectivity index (χ4v) is 3.18. The monoisotopic (exact) mass is 414 g/mol. The molecule has 0 saturated heterocycles. The molecule has 0 unspecified atom stereocenters. The van der Waals surface area contributed by atoms with E-state index in [0.29, 0.717) is 33.7 Å². The second kappa shape index (κ2) is 8.75. The molecule has 5 nitrogen and oxygen atoms in total. The molecule has 1 aliphatic heterocycles. The van der Waals surface area contributed by atoms with Crippen LogP contribution in [-0.2, 0) is 11.4 Å². The number of imide groups is 1. The van der Waals surface area contributed by atoms with Crippen molar-refractivity contribution in [3.63, 3.8) is 0 Å². The molecule has 0 spiro atoms. The van der Waals surface area contributed by atoms with Gasteiger partial charge in [0.15, 0.2) is 0 Å². The quantitative estimate of drug-likeness (QED) is 0.443. The lowest BCUT2D eigenvalue weighted by Gasteiger charge is -2.11. The van der Waals surface area contributed by atoms with Gasteiger partial charge in [0.1, 0.15) is 18.2 Å². The van der Waals surface area contributed by atoms with E-state index in [0.717, 1.165) is 5.01 Å². The van der Waals surface area contributed by atoms with Gasteiger partial charge in [0.25, 0.3) is 11.8 Å². The summed E-state index contributed by atoms with van der Waals surface area (Å²) in [6.45, 7) is 1.72. The molecule has 0 atom stereocenters. The predicted octanol–water partition coefficient (Wildman–Crippen LogP) is 4.85. The normalized spacial score (nSPS) is 14.6. The molecule has 0 N–H and O–H groups in total. The Balaban J connectivity index is 1.58. The number of hydrogen-bond acceptors (Lipinski definition) is 4. The van der Waals surface area contributed by atoms with Gasteiger partial charge in [0.2, 0.25) is 0 Å². The molecule has 3 aromatic rings. The van der Waals surface area contributed by atoms with Crippen molar-refractivity contribution in [1.29, 1.82) is 0 Å². The van der Waals surface area contributed by atoms with Gasteiger partial charge in [-0.1, -0.05) is 54.6 Å². The van der Waals surface area contributed by atoms with Crippen LogP contribution >= 0.6 is 0 Å². The maximum atomic E-state index is 13.9. The highest BCUT2D eigenvalue weighted by Gasteiger charge is 2.33. The van der Waals surface area contributed by atoms with Gasteiger partial charge >= 0.3 is 0 Å². The molecule has 1 heterocycles. The van der Waals surface area contributed by atoms with Crippen molar-refractivity contribution in [3.05, 3.63) is 107 Å². The van der Waals surface area contributed by atoms with Crippen molar-refractivity contribution >= 4 is 23.6 Å². The Morgan fingerprint density at radius 1 is 1.00 bits per heavy atom. The number of hydrazone groups is 1. The van der Waals surface area contributed by atoms with Crippen molar-refractivity contribution in [2.75, 3.05) is 0 Å². The summed E-state index contributed by atoms with van der Waals surface area (Å²) in [6, 6.07) is 22.0. The number of halogens is 1. The first-order chi connectivity index (χ1) is 15.0. The molecule has 0 fully saturated rings. The Morgan fingerprint density at radius 2 is 1.68 bits per heavy atom. The Morgan fingerprint density at radius 3 is 2.45 bits per heavy atom. The highest BCUT2D eigenvalue weighted by molar-refractivity contribution is 6.30. The first kappa shape index (κ1) is 20.2. The van der Waals surface area contributed by atoms with Crippen LogP contribution in [0.4, 0.5) is 4.39 Å². The van der Waals surface area contributed by atoms with Gasteiger partial charge in [-0.15, -0.1) is 0 Å². The summed E-state index contributed by atoms with van der Waals surface area (Å²) in [5, 5.41) is 5.02. The molecule has 2 amide bonds. The van der Waals surface area contributed by atoms with Crippen LogP contribution < -0.4 is 4.74 Å². The fraction of sp³-hybridized carbons (Fsp3) is 0.0800. The highest BCUT2D eigenvalue weighted by atomic mass is 19.1. The van der Waals surface area contributed by atoms with E-state index in [9.17, 15) is 14.0 Å². The first-order valence-corrected chi connectivity index (χ1v) is 9.71. The summed E-state index contributed by atoms with van der Waals surface area (Å²) in [4.78, 5) is 25.6. The molecule has 1 aliphatic rings. The van der Waals surface area contributed by atoms with Crippen LogP contribution in [0.5, 0.6) is 5.75 Å². The standard InChI is InChI=1S/C25H19FN2O3/c1-17-21(25(30)28(27-17)24(29)18-9-3-2-4-10-18)15-19-11-6-8-14-23(19)31-16-20-12-5-7-13-22(20)26/h2-15H,16H2,1H3/b21-15+. The van der Waals surface area contributed by atoms with Crippen molar-refractivity contribution in [3.8, 4) is 5.75 Å². The number of benzene rings is 3. The third-order valence-corrected chi connectivity index (χ3v) is 4.84. The minimum absolute atomic E-state index is 0.0481. The Bertz CT molecular complexity index is 1200. The van der Waals surface area contributed by atoms with Gasteiger partial charge in [-0.2, -0.15) is 10.1 Å². The molecule has 0 radical (unpaired) electrons. The van der Waals surface area contributed by atoms with E-state index >= 15 is 0 Å². The maximum Gasteiger partial charge on any atom is 0.283 e. The molecular formula is C25H19FN2O3. The molecule has 0 aliphatic carbocycles. The average Bonchev–Trinajstić information content (AvgIpc) is 3.08. The van der Waals surface area contributed by atoms with Crippen LogP contribution in [-0.4, -0.2) is 22.5 Å². The zero-order valence-corrected chi connectivity index (χ0v) is 16.8. The van der Waals surface area contributed by atoms with E-state index in [1.165, 1.54) is 6.07 Å². The summed E-state index contributed by atoms with van der Waals surface area (Å²) in [7, 11) is 0. The number of amides is 2. The molecule has 0 aromatic heterocycles. The molecule has 0 bridgehead atoms. The molecule has 6 heteroatoms. The number of ether oxygens (including phenoxy) is 1. The average molecular weight is 414 g/mol. The van der Waals surface area contributed by atoms with E-state index in [2.05, 4.69) is 5.10 Å². The van der Waals surface area contributed by atoms with E-state index in [4.69, 9.17) is 4.74 Å². The van der Waals surface area contributed by atoms with Gasteiger partial charge in [0.05, 0.1) is 11.3 Å². The number of para-hydroxylation sites is 1. The van der Waals surface area contributed by atoms with Crippen LogP contribution in [0.1, 0.15) is 28.4 Å². The molecule has 31 heavy (non-hydrogen) atoms. The topological polar surface area (TPSA) is 59.0 Å². The van der Waals surface area contributed by atoms with Gasteiger partial charge < -0.3 is 4.74 Å². The van der Waals surface area contributed by atoms with Crippen LogP contribution in [0.2, 0.25) is 0 Å². The van der Waals surface area contributed by atoms with Gasteiger partial charge in [0, 0.05) is 16.7 Å². The Labute approximate surface area is 179 Å². The molecule has 3 aromatic carbocycles. The van der Waals surface area contributed by atoms with Gasteiger partial charge in [-0.05, 0) is 37.3 Å². The SMILES string of the molecule is CC1=NN(C(=O)c2ccccc2)C(=O)/C1=C/c1ccccc1OCc1ccccc1F. The lowest BCUT2D eigenvalue weighted by molar-refractivity contribution is -0.123. The first-order valence-electron chi connectivity index (χ1n) is 9.71. The lowest BCUT2D eigenvalue weighted by atomic mass is 10.1. The molecule has 0 saturated carbocycles. The predicted molar refractivity (Wildman–Crippen MR) is 116 cm³/mol. The summed E-state index contributed by atoms with van der Waals surface area (Å²) in [5.41, 5.74) is 2.16. The number of nitrogens with zero attached hydrogens (tertiary/aromatic N) is 2. The fourth-order valence-electron chi connectivity index (χ4n) is 3.18. The zero-order valence-electron chi connectivity index (χ0n) is 16.8. The van der Waals surface area contributed by atoms with E-state index in [1.54, 1.807) is 85.8 Å². The smallest absolute Gasteiger partial charge is 0.283 e. The minimum Gasteiger partial charge on any atom is -0.488 e. The minimum atomic E-state index is -0.504. The summed E-state index contributed by atoms with van der Waals surface area (Å²) in [5.74, 6) is -0.846. The van der Waals surface area contributed by atoms with Crippen LogP contribution in [0.15, 0.2) is 89.5 Å². The maximum absolute atomic E-state index is 13.9. The highest BCUT2D eigenvalue weighted by Crippen LogP contribution is 2.26. The van der Waals surface area contributed by atoms with E-state index in [1.807, 2.05) is 0 Å². The largest absolute Gasteiger partial charge is 0.488 e.